The standard InChI is InChI=1S/C17H18Cl2N2O3S/c1-11(2)21-25(23,24)14-7-8-16(19)15(9-14)17(22)20-10-12-3-5-13(18)6-4-12/h3-9,11,21H,10H2,1-2H3,(H,20,22). The summed E-state index contributed by atoms with van der Waals surface area (Å²) in [5, 5.41) is 3.50. The molecule has 2 aromatic rings. The number of hydrogen-bond acceptors (Lipinski definition) is 3. The second-order valence-electron chi connectivity index (χ2n) is 5.73. The molecule has 0 fully saturated rings. The van der Waals surface area contributed by atoms with E-state index in [9.17, 15) is 13.2 Å². The minimum atomic E-state index is -3.71. The van der Waals surface area contributed by atoms with Gasteiger partial charge in [0.15, 0.2) is 0 Å². The van der Waals surface area contributed by atoms with Gasteiger partial charge in [-0.25, -0.2) is 13.1 Å². The van der Waals surface area contributed by atoms with Gasteiger partial charge < -0.3 is 5.32 Å². The Bertz CT molecular complexity index is 866. The van der Waals surface area contributed by atoms with Crippen molar-refractivity contribution >= 4 is 39.1 Å². The van der Waals surface area contributed by atoms with Crippen LogP contribution in [0.4, 0.5) is 0 Å². The van der Waals surface area contributed by atoms with Gasteiger partial charge in [-0.05, 0) is 49.7 Å². The third kappa shape index (κ3) is 5.44. The van der Waals surface area contributed by atoms with Crippen LogP contribution >= 0.6 is 23.2 Å². The molecule has 0 saturated carbocycles. The lowest BCUT2D eigenvalue weighted by Crippen LogP contribution is -2.30. The predicted octanol–water partition coefficient (Wildman–Crippen LogP) is 3.61. The molecule has 2 aromatic carbocycles. The molecule has 134 valence electrons. The maximum atomic E-state index is 12.4. The zero-order valence-corrected chi connectivity index (χ0v) is 16.0. The molecule has 25 heavy (non-hydrogen) atoms. The summed E-state index contributed by atoms with van der Waals surface area (Å²) in [6, 6.07) is 10.8. The molecule has 1 amide bonds. The van der Waals surface area contributed by atoms with Crippen molar-refractivity contribution in [3.63, 3.8) is 0 Å². The lowest BCUT2D eigenvalue weighted by molar-refractivity contribution is 0.0951. The van der Waals surface area contributed by atoms with E-state index in [1.165, 1.54) is 18.2 Å². The molecule has 2 rings (SSSR count). The van der Waals surface area contributed by atoms with Crippen LogP contribution in [-0.4, -0.2) is 20.4 Å². The number of nitrogens with one attached hydrogen (secondary N) is 2. The Labute approximate surface area is 157 Å². The average Bonchev–Trinajstić information content (AvgIpc) is 2.53. The summed E-state index contributed by atoms with van der Waals surface area (Å²) in [6.45, 7) is 3.70. The SMILES string of the molecule is CC(C)NS(=O)(=O)c1ccc(Cl)c(C(=O)NCc2ccc(Cl)cc2)c1. The van der Waals surface area contributed by atoms with Crippen LogP contribution in [0.1, 0.15) is 29.8 Å². The zero-order chi connectivity index (χ0) is 18.6. The van der Waals surface area contributed by atoms with E-state index in [4.69, 9.17) is 23.2 Å². The molecule has 0 heterocycles. The molecule has 0 atom stereocenters. The number of sulfonamides is 1. The summed E-state index contributed by atoms with van der Waals surface area (Å²) in [6.07, 6.45) is 0. The number of benzene rings is 2. The molecular formula is C17H18Cl2N2O3S. The fourth-order valence-electron chi connectivity index (χ4n) is 2.10. The van der Waals surface area contributed by atoms with E-state index in [0.29, 0.717) is 5.02 Å². The van der Waals surface area contributed by atoms with Crippen molar-refractivity contribution in [2.24, 2.45) is 0 Å². The van der Waals surface area contributed by atoms with Crippen molar-refractivity contribution in [2.45, 2.75) is 31.3 Å². The van der Waals surface area contributed by atoms with Gasteiger partial charge in [-0.2, -0.15) is 0 Å². The average molecular weight is 401 g/mol. The first kappa shape index (κ1) is 19.7. The van der Waals surface area contributed by atoms with Gasteiger partial charge in [0, 0.05) is 17.6 Å². The first-order valence-corrected chi connectivity index (χ1v) is 9.77. The van der Waals surface area contributed by atoms with Crippen molar-refractivity contribution < 1.29 is 13.2 Å². The molecular weight excluding hydrogens is 383 g/mol. The van der Waals surface area contributed by atoms with Crippen LogP contribution in [-0.2, 0) is 16.6 Å². The van der Waals surface area contributed by atoms with Crippen molar-refractivity contribution in [3.8, 4) is 0 Å². The zero-order valence-electron chi connectivity index (χ0n) is 13.7. The van der Waals surface area contributed by atoms with Gasteiger partial charge >= 0.3 is 0 Å². The fraction of sp³-hybridized carbons (Fsp3) is 0.235. The maximum absolute atomic E-state index is 12.4. The highest BCUT2D eigenvalue weighted by atomic mass is 35.5. The van der Waals surface area contributed by atoms with Crippen molar-refractivity contribution in [2.75, 3.05) is 0 Å². The van der Waals surface area contributed by atoms with Crippen LogP contribution < -0.4 is 10.0 Å². The molecule has 0 spiro atoms. The monoisotopic (exact) mass is 400 g/mol. The first-order valence-electron chi connectivity index (χ1n) is 7.53. The molecule has 0 bridgehead atoms. The van der Waals surface area contributed by atoms with Crippen LogP contribution in [0, 0.1) is 0 Å². The molecule has 5 nitrogen and oxygen atoms in total. The molecule has 0 aliphatic carbocycles. The Morgan fingerprint density at radius 3 is 2.32 bits per heavy atom. The smallest absolute Gasteiger partial charge is 0.253 e. The minimum absolute atomic E-state index is 0.0118. The second-order valence-corrected chi connectivity index (χ2v) is 8.28. The van der Waals surface area contributed by atoms with Crippen LogP contribution in [0.3, 0.4) is 0 Å². The normalized spacial score (nSPS) is 11.6. The van der Waals surface area contributed by atoms with E-state index < -0.39 is 15.9 Å². The van der Waals surface area contributed by atoms with Crippen LogP contribution in [0.15, 0.2) is 47.4 Å². The van der Waals surface area contributed by atoms with E-state index in [2.05, 4.69) is 10.0 Å². The van der Waals surface area contributed by atoms with Crippen molar-refractivity contribution in [1.82, 2.24) is 10.0 Å². The number of amides is 1. The molecule has 0 aromatic heterocycles. The Morgan fingerprint density at radius 2 is 1.72 bits per heavy atom. The summed E-state index contributed by atoms with van der Waals surface area (Å²) >= 11 is 11.9. The third-order valence-electron chi connectivity index (χ3n) is 3.25. The summed E-state index contributed by atoms with van der Waals surface area (Å²) in [5.74, 6) is -0.457. The lowest BCUT2D eigenvalue weighted by Gasteiger charge is -2.12. The second kappa shape index (κ2) is 8.19. The minimum Gasteiger partial charge on any atom is -0.348 e. The molecule has 0 aliphatic rings. The molecule has 0 aliphatic heterocycles. The summed E-state index contributed by atoms with van der Waals surface area (Å²) in [4.78, 5) is 12.4. The third-order valence-corrected chi connectivity index (χ3v) is 5.49. The van der Waals surface area contributed by atoms with Crippen LogP contribution in [0.2, 0.25) is 10.0 Å². The van der Waals surface area contributed by atoms with Crippen molar-refractivity contribution in [1.29, 1.82) is 0 Å². The van der Waals surface area contributed by atoms with Crippen LogP contribution in [0.25, 0.3) is 0 Å². The van der Waals surface area contributed by atoms with E-state index in [1.54, 1.807) is 38.1 Å². The van der Waals surface area contributed by atoms with E-state index in [0.717, 1.165) is 5.56 Å². The Kier molecular flexibility index (Phi) is 6.46. The van der Waals surface area contributed by atoms with Crippen molar-refractivity contribution in [3.05, 3.63) is 63.6 Å². The molecule has 2 N–H and O–H groups in total. The number of hydrogen-bond donors (Lipinski definition) is 2. The van der Waals surface area contributed by atoms with Gasteiger partial charge in [0.2, 0.25) is 10.0 Å². The van der Waals surface area contributed by atoms with E-state index in [-0.39, 0.29) is 28.1 Å². The summed E-state index contributed by atoms with van der Waals surface area (Å²) in [7, 11) is -3.71. The first-order chi connectivity index (χ1) is 11.7. The maximum Gasteiger partial charge on any atom is 0.253 e. The Hall–Kier alpha value is -1.60. The topological polar surface area (TPSA) is 75.3 Å². The molecule has 0 radical (unpaired) electrons. The van der Waals surface area contributed by atoms with E-state index in [1.807, 2.05) is 0 Å². The number of carbonyl (C=O) groups is 1. The van der Waals surface area contributed by atoms with Gasteiger partial charge in [-0.3, -0.25) is 4.79 Å². The highest BCUT2D eigenvalue weighted by Gasteiger charge is 2.19. The van der Waals surface area contributed by atoms with Crippen LogP contribution in [0.5, 0.6) is 0 Å². The van der Waals surface area contributed by atoms with E-state index >= 15 is 0 Å². The quantitative estimate of drug-likeness (QED) is 0.777. The number of rotatable bonds is 6. The highest BCUT2D eigenvalue weighted by Crippen LogP contribution is 2.21. The number of halogens is 2. The lowest BCUT2D eigenvalue weighted by atomic mass is 10.2. The van der Waals surface area contributed by atoms with Gasteiger partial charge in [0.25, 0.3) is 5.91 Å². The number of carbonyl (C=O) groups excluding carboxylic acids is 1. The molecule has 0 saturated heterocycles. The fourth-order valence-corrected chi connectivity index (χ4v) is 3.71. The van der Waals surface area contributed by atoms with Gasteiger partial charge in [0.1, 0.15) is 0 Å². The summed E-state index contributed by atoms with van der Waals surface area (Å²) < 4.78 is 27.0. The molecule has 0 unspecified atom stereocenters. The highest BCUT2D eigenvalue weighted by molar-refractivity contribution is 7.89. The largest absolute Gasteiger partial charge is 0.348 e. The Balaban J connectivity index is 2.19. The van der Waals surface area contributed by atoms with Gasteiger partial charge in [-0.15, -0.1) is 0 Å². The molecule has 8 heteroatoms. The van der Waals surface area contributed by atoms with Gasteiger partial charge in [-0.1, -0.05) is 35.3 Å². The summed E-state index contributed by atoms with van der Waals surface area (Å²) in [5.41, 5.74) is 0.960. The predicted molar refractivity (Wildman–Crippen MR) is 99.5 cm³/mol. The Morgan fingerprint density at radius 1 is 1.08 bits per heavy atom. The van der Waals surface area contributed by atoms with Gasteiger partial charge in [0.05, 0.1) is 15.5 Å².